The number of hydrogen-bond acceptors (Lipinski definition) is 3. The van der Waals surface area contributed by atoms with Gasteiger partial charge in [-0.3, -0.25) is 4.90 Å². The van der Waals surface area contributed by atoms with Crippen LogP contribution >= 0.6 is 27.3 Å². The van der Waals surface area contributed by atoms with E-state index in [2.05, 4.69) is 44.5 Å². The van der Waals surface area contributed by atoms with E-state index in [-0.39, 0.29) is 0 Å². The van der Waals surface area contributed by atoms with Gasteiger partial charge in [-0.2, -0.15) is 0 Å². The molecule has 0 spiro atoms. The summed E-state index contributed by atoms with van der Waals surface area (Å²) in [5.74, 6) is 0.839. The molecule has 2 nitrogen and oxygen atoms in total. The Morgan fingerprint density at radius 2 is 2.47 bits per heavy atom. The van der Waals surface area contributed by atoms with E-state index in [0.29, 0.717) is 0 Å². The van der Waals surface area contributed by atoms with Gasteiger partial charge >= 0.3 is 0 Å². The minimum Gasteiger partial charge on any atom is -0.316 e. The van der Waals surface area contributed by atoms with Crippen molar-refractivity contribution in [1.29, 1.82) is 0 Å². The molecule has 4 heteroatoms. The van der Waals surface area contributed by atoms with Crippen LogP contribution in [-0.2, 0) is 6.54 Å². The van der Waals surface area contributed by atoms with E-state index in [1.807, 2.05) is 0 Å². The van der Waals surface area contributed by atoms with E-state index in [4.69, 9.17) is 0 Å². The van der Waals surface area contributed by atoms with E-state index in [1.54, 1.807) is 11.3 Å². The molecular weight excluding hydrogens is 296 g/mol. The van der Waals surface area contributed by atoms with Crippen LogP contribution < -0.4 is 5.32 Å². The molecule has 0 aliphatic carbocycles. The Morgan fingerprint density at radius 1 is 1.59 bits per heavy atom. The first-order chi connectivity index (χ1) is 8.28. The fourth-order valence-electron chi connectivity index (χ4n) is 2.44. The quantitative estimate of drug-likeness (QED) is 0.896. The number of nitrogens with zero attached hydrogens (tertiary/aromatic N) is 1. The zero-order valence-electron chi connectivity index (χ0n) is 10.4. The second kappa shape index (κ2) is 6.88. The van der Waals surface area contributed by atoms with Crippen LogP contribution in [0.25, 0.3) is 0 Å². The van der Waals surface area contributed by atoms with E-state index >= 15 is 0 Å². The Labute approximate surface area is 117 Å². The predicted octanol–water partition coefficient (Wildman–Crippen LogP) is 3.33. The Hall–Kier alpha value is 0.1000. The molecule has 1 aromatic rings. The van der Waals surface area contributed by atoms with Gasteiger partial charge in [0.1, 0.15) is 0 Å². The van der Waals surface area contributed by atoms with Crippen molar-refractivity contribution in [2.45, 2.75) is 26.3 Å². The van der Waals surface area contributed by atoms with Gasteiger partial charge in [-0.25, -0.2) is 0 Å². The molecular formula is C13H21BrN2S. The molecule has 1 aliphatic rings. The maximum Gasteiger partial charge on any atom is 0.0701 e. The van der Waals surface area contributed by atoms with Gasteiger partial charge in [0.25, 0.3) is 0 Å². The molecule has 1 aromatic heterocycles. The molecule has 0 radical (unpaired) electrons. The van der Waals surface area contributed by atoms with Crippen molar-refractivity contribution in [3.63, 3.8) is 0 Å². The molecule has 17 heavy (non-hydrogen) atoms. The summed E-state index contributed by atoms with van der Waals surface area (Å²) in [7, 11) is 0. The highest BCUT2D eigenvalue weighted by Gasteiger charge is 2.16. The average Bonchev–Trinajstić information content (AvgIpc) is 2.75. The summed E-state index contributed by atoms with van der Waals surface area (Å²) in [4.78, 5) is 2.56. The third kappa shape index (κ3) is 4.36. The molecule has 1 fully saturated rings. The summed E-state index contributed by atoms with van der Waals surface area (Å²) >= 11 is 5.31. The Bertz CT molecular complexity index is 334. The highest BCUT2D eigenvalue weighted by Crippen LogP contribution is 2.22. The van der Waals surface area contributed by atoms with E-state index < -0.39 is 0 Å². The van der Waals surface area contributed by atoms with Gasteiger partial charge in [0.05, 0.1) is 3.79 Å². The largest absolute Gasteiger partial charge is 0.316 e. The van der Waals surface area contributed by atoms with Crippen LogP contribution in [0.15, 0.2) is 15.2 Å². The number of hydrogen-bond donors (Lipinski definition) is 1. The van der Waals surface area contributed by atoms with Crippen molar-refractivity contribution in [3.05, 3.63) is 20.8 Å². The maximum atomic E-state index is 3.53. The van der Waals surface area contributed by atoms with Gasteiger partial charge in [-0.05, 0) is 71.3 Å². The summed E-state index contributed by atoms with van der Waals surface area (Å²) in [6.45, 7) is 8.14. The number of thiophene rings is 1. The van der Waals surface area contributed by atoms with Gasteiger partial charge < -0.3 is 5.32 Å². The van der Waals surface area contributed by atoms with E-state index in [9.17, 15) is 0 Å². The lowest BCUT2D eigenvalue weighted by molar-refractivity contribution is 0.210. The fourth-order valence-corrected chi connectivity index (χ4v) is 3.64. The van der Waals surface area contributed by atoms with Gasteiger partial charge in [-0.15, -0.1) is 11.3 Å². The SMILES string of the molecule is CCN(Cc1csc(Br)c1)CC1CCCNC1. The minimum atomic E-state index is 0.839. The first kappa shape index (κ1) is 13.5. The normalized spacial score (nSPS) is 21.0. The summed E-state index contributed by atoms with van der Waals surface area (Å²) in [6, 6.07) is 2.24. The monoisotopic (exact) mass is 316 g/mol. The standard InChI is InChI=1S/C13H21BrN2S/c1-2-16(8-11-4-3-5-15-7-11)9-12-6-13(14)17-10-12/h6,10-11,15H,2-5,7-9H2,1H3. The molecule has 1 aliphatic heterocycles. The van der Waals surface area contributed by atoms with Crippen molar-refractivity contribution < 1.29 is 0 Å². The van der Waals surface area contributed by atoms with E-state index in [0.717, 1.165) is 19.0 Å². The van der Waals surface area contributed by atoms with Crippen LogP contribution in [0.5, 0.6) is 0 Å². The van der Waals surface area contributed by atoms with Crippen molar-refractivity contribution >= 4 is 27.3 Å². The van der Waals surface area contributed by atoms with Crippen molar-refractivity contribution in [2.75, 3.05) is 26.2 Å². The molecule has 0 bridgehead atoms. The Kier molecular flexibility index (Phi) is 5.48. The lowest BCUT2D eigenvalue weighted by atomic mass is 9.99. The van der Waals surface area contributed by atoms with Gasteiger partial charge in [0.15, 0.2) is 0 Å². The summed E-state index contributed by atoms with van der Waals surface area (Å²) in [5.41, 5.74) is 1.44. The number of nitrogens with one attached hydrogen (secondary N) is 1. The number of rotatable bonds is 5. The molecule has 2 heterocycles. The molecule has 96 valence electrons. The summed E-state index contributed by atoms with van der Waals surface area (Å²) < 4.78 is 1.24. The second-order valence-electron chi connectivity index (χ2n) is 4.80. The van der Waals surface area contributed by atoms with Gasteiger partial charge in [0, 0.05) is 13.1 Å². The van der Waals surface area contributed by atoms with Gasteiger partial charge in [0.2, 0.25) is 0 Å². The van der Waals surface area contributed by atoms with Crippen LogP contribution in [0.4, 0.5) is 0 Å². The molecule has 1 saturated heterocycles. The lowest BCUT2D eigenvalue weighted by Crippen LogP contribution is -2.38. The molecule has 0 aromatic carbocycles. The summed E-state index contributed by atoms with van der Waals surface area (Å²) in [6.07, 6.45) is 2.73. The van der Waals surface area contributed by atoms with Crippen LogP contribution in [-0.4, -0.2) is 31.1 Å². The topological polar surface area (TPSA) is 15.3 Å². The van der Waals surface area contributed by atoms with Crippen LogP contribution in [0, 0.1) is 5.92 Å². The molecule has 0 amide bonds. The summed E-state index contributed by atoms with van der Waals surface area (Å²) in [5, 5.41) is 5.76. The highest BCUT2D eigenvalue weighted by atomic mass is 79.9. The van der Waals surface area contributed by atoms with Crippen LogP contribution in [0.3, 0.4) is 0 Å². The zero-order valence-corrected chi connectivity index (χ0v) is 12.8. The fraction of sp³-hybridized carbons (Fsp3) is 0.692. The molecule has 1 N–H and O–H groups in total. The van der Waals surface area contributed by atoms with Crippen molar-refractivity contribution in [1.82, 2.24) is 10.2 Å². The second-order valence-corrected chi connectivity index (χ2v) is 7.09. The predicted molar refractivity (Wildman–Crippen MR) is 78.6 cm³/mol. The number of piperidine rings is 1. The first-order valence-electron chi connectivity index (χ1n) is 6.44. The number of halogens is 1. The smallest absolute Gasteiger partial charge is 0.0701 e. The first-order valence-corrected chi connectivity index (χ1v) is 8.11. The van der Waals surface area contributed by atoms with Crippen molar-refractivity contribution in [2.24, 2.45) is 5.92 Å². The lowest BCUT2D eigenvalue weighted by Gasteiger charge is -2.29. The van der Waals surface area contributed by atoms with Crippen molar-refractivity contribution in [3.8, 4) is 0 Å². The van der Waals surface area contributed by atoms with Crippen LogP contribution in [0.1, 0.15) is 25.3 Å². The third-order valence-corrected chi connectivity index (χ3v) is 4.94. The Morgan fingerprint density at radius 3 is 3.06 bits per heavy atom. The molecule has 2 rings (SSSR count). The zero-order chi connectivity index (χ0) is 12.1. The average molecular weight is 317 g/mol. The third-order valence-electron chi connectivity index (χ3n) is 3.39. The molecule has 0 saturated carbocycles. The van der Waals surface area contributed by atoms with E-state index in [1.165, 1.54) is 41.8 Å². The highest BCUT2D eigenvalue weighted by molar-refractivity contribution is 9.11. The van der Waals surface area contributed by atoms with Gasteiger partial charge in [-0.1, -0.05) is 6.92 Å². The maximum absolute atomic E-state index is 3.53. The Balaban J connectivity index is 1.83. The molecule has 1 atom stereocenters. The minimum absolute atomic E-state index is 0.839. The molecule has 1 unspecified atom stereocenters. The van der Waals surface area contributed by atoms with Crippen LogP contribution in [0.2, 0.25) is 0 Å².